The normalized spacial score (nSPS) is 11.0. The first-order chi connectivity index (χ1) is 17.2. The lowest BCUT2D eigenvalue weighted by atomic mass is 10.1. The molecule has 0 saturated heterocycles. The predicted molar refractivity (Wildman–Crippen MR) is 135 cm³/mol. The van der Waals surface area contributed by atoms with E-state index >= 15 is 0 Å². The molecule has 0 unspecified atom stereocenters. The van der Waals surface area contributed by atoms with Crippen molar-refractivity contribution in [3.63, 3.8) is 0 Å². The van der Waals surface area contributed by atoms with Gasteiger partial charge in [-0.3, -0.25) is 18.7 Å². The smallest absolute Gasteiger partial charge is 0.332 e. The molecule has 0 saturated carbocycles. The number of carbonyl (C=O) groups excluding carboxylic acids is 1. The van der Waals surface area contributed by atoms with E-state index in [-0.39, 0.29) is 29.7 Å². The maximum absolute atomic E-state index is 12.9. The molecule has 0 bridgehead atoms. The summed E-state index contributed by atoms with van der Waals surface area (Å²) in [5.41, 5.74) is 0.909. The molecule has 1 aromatic carbocycles. The zero-order chi connectivity index (χ0) is 26.2. The third-order valence-electron chi connectivity index (χ3n) is 5.57. The number of hydrogen-bond acceptors (Lipinski definition) is 7. The molecular formula is C26H31N5O5. The lowest BCUT2D eigenvalue weighted by Gasteiger charge is -2.16. The van der Waals surface area contributed by atoms with E-state index in [2.05, 4.69) is 9.83 Å². The van der Waals surface area contributed by atoms with Crippen LogP contribution in [0.25, 0.3) is 16.0 Å². The fourth-order valence-corrected chi connectivity index (χ4v) is 3.79. The van der Waals surface area contributed by atoms with E-state index in [1.54, 1.807) is 24.3 Å². The molecule has 0 radical (unpaired) electrons. The van der Waals surface area contributed by atoms with Gasteiger partial charge in [-0.05, 0) is 37.7 Å². The SMILES string of the molecule is [C-]#[N+]c1ccccc1OCc1nc2c(nc1CCCCCOC(C)=O)c(=O)n(C)c(=O)n2CC(C)C. The predicted octanol–water partition coefficient (Wildman–Crippen LogP) is 3.55. The third-order valence-corrected chi connectivity index (χ3v) is 5.57. The van der Waals surface area contributed by atoms with E-state index in [0.717, 1.165) is 17.4 Å². The summed E-state index contributed by atoms with van der Waals surface area (Å²) >= 11 is 0. The van der Waals surface area contributed by atoms with Crippen molar-refractivity contribution in [2.45, 2.75) is 59.6 Å². The van der Waals surface area contributed by atoms with Crippen LogP contribution in [0.4, 0.5) is 5.69 Å². The molecule has 0 aliphatic rings. The zero-order valence-corrected chi connectivity index (χ0v) is 21.1. The van der Waals surface area contributed by atoms with Gasteiger partial charge in [-0.15, -0.1) is 0 Å². The Labute approximate surface area is 209 Å². The van der Waals surface area contributed by atoms with Crippen molar-refractivity contribution < 1.29 is 14.3 Å². The van der Waals surface area contributed by atoms with Gasteiger partial charge < -0.3 is 9.47 Å². The van der Waals surface area contributed by atoms with Gasteiger partial charge in [0.25, 0.3) is 5.56 Å². The molecule has 0 aliphatic carbocycles. The van der Waals surface area contributed by atoms with Crippen LogP contribution < -0.4 is 16.0 Å². The highest BCUT2D eigenvalue weighted by Crippen LogP contribution is 2.27. The minimum Gasteiger partial charge on any atom is -0.498 e. The number of esters is 1. The molecule has 10 nitrogen and oxygen atoms in total. The monoisotopic (exact) mass is 493 g/mol. The van der Waals surface area contributed by atoms with E-state index in [9.17, 15) is 14.4 Å². The molecule has 2 heterocycles. The molecule has 0 N–H and O–H groups in total. The topological polar surface area (TPSA) is 110 Å². The molecule has 3 rings (SSSR count). The molecule has 0 atom stereocenters. The quantitative estimate of drug-likeness (QED) is 0.228. The number of nitrogens with zero attached hydrogens (tertiary/aromatic N) is 5. The van der Waals surface area contributed by atoms with Gasteiger partial charge in [0.15, 0.2) is 11.2 Å². The Hall–Kier alpha value is -4.00. The van der Waals surface area contributed by atoms with Crippen LogP contribution in [0.5, 0.6) is 5.75 Å². The van der Waals surface area contributed by atoms with Gasteiger partial charge in [-0.2, -0.15) is 0 Å². The summed E-state index contributed by atoms with van der Waals surface area (Å²) < 4.78 is 13.5. The van der Waals surface area contributed by atoms with Crippen LogP contribution in [0.2, 0.25) is 0 Å². The van der Waals surface area contributed by atoms with E-state index in [1.807, 2.05) is 13.8 Å². The number of rotatable bonds is 11. The number of unbranched alkanes of at least 4 members (excludes halogenated alkanes) is 2. The van der Waals surface area contributed by atoms with E-state index in [1.165, 1.54) is 18.5 Å². The first-order valence-electron chi connectivity index (χ1n) is 11.9. The van der Waals surface area contributed by atoms with Crippen LogP contribution in [-0.2, 0) is 36.2 Å². The van der Waals surface area contributed by atoms with Gasteiger partial charge in [-0.1, -0.05) is 32.0 Å². The zero-order valence-electron chi connectivity index (χ0n) is 21.1. The maximum atomic E-state index is 12.9. The third kappa shape index (κ3) is 6.36. The first-order valence-corrected chi connectivity index (χ1v) is 11.9. The Kier molecular flexibility index (Phi) is 8.95. The van der Waals surface area contributed by atoms with Gasteiger partial charge in [0.05, 0.1) is 18.9 Å². The summed E-state index contributed by atoms with van der Waals surface area (Å²) in [5, 5.41) is 0. The van der Waals surface area contributed by atoms with Crippen LogP contribution in [-0.4, -0.2) is 31.7 Å². The van der Waals surface area contributed by atoms with Crippen molar-refractivity contribution in [2.24, 2.45) is 13.0 Å². The molecule has 10 heteroatoms. The minimum absolute atomic E-state index is 0.0311. The van der Waals surface area contributed by atoms with Crippen molar-refractivity contribution in [3.8, 4) is 5.75 Å². The van der Waals surface area contributed by atoms with Crippen molar-refractivity contribution >= 4 is 22.8 Å². The van der Waals surface area contributed by atoms with Crippen LogP contribution in [0.15, 0.2) is 33.9 Å². The summed E-state index contributed by atoms with van der Waals surface area (Å²) in [6.45, 7) is 13.5. The highest BCUT2D eigenvalue weighted by atomic mass is 16.5. The van der Waals surface area contributed by atoms with E-state index in [0.29, 0.717) is 48.8 Å². The molecule has 0 spiro atoms. The van der Waals surface area contributed by atoms with Gasteiger partial charge in [0, 0.05) is 20.5 Å². The number of para-hydroxylation sites is 2. The van der Waals surface area contributed by atoms with Gasteiger partial charge in [0.2, 0.25) is 5.69 Å². The molecule has 3 aromatic rings. The average molecular weight is 494 g/mol. The van der Waals surface area contributed by atoms with Crippen molar-refractivity contribution in [2.75, 3.05) is 6.61 Å². The first kappa shape index (κ1) is 26.6. The van der Waals surface area contributed by atoms with Crippen LogP contribution in [0.1, 0.15) is 51.4 Å². The summed E-state index contributed by atoms with van der Waals surface area (Å²) in [6.07, 6.45) is 2.76. The number of fused-ring (bicyclic) bond motifs is 1. The Bertz CT molecular complexity index is 1400. The number of aryl methyl sites for hydroxylation is 1. The second-order valence-electron chi connectivity index (χ2n) is 8.96. The summed E-state index contributed by atoms with van der Waals surface area (Å²) in [7, 11) is 1.44. The summed E-state index contributed by atoms with van der Waals surface area (Å²) in [4.78, 5) is 49.6. The number of aromatic nitrogens is 4. The van der Waals surface area contributed by atoms with Crippen molar-refractivity contribution in [3.05, 3.63) is 67.9 Å². The fourth-order valence-electron chi connectivity index (χ4n) is 3.79. The van der Waals surface area contributed by atoms with Crippen molar-refractivity contribution in [1.82, 2.24) is 19.1 Å². The number of ether oxygens (including phenoxy) is 2. The Balaban J connectivity index is 2.00. The van der Waals surface area contributed by atoms with Gasteiger partial charge >= 0.3 is 11.7 Å². The second-order valence-corrected chi connectivity index (χ2v) is 8.96. The maximum Gasteiger partial charge on any atom is 0.332 e. The largest absolute Gasteiger partial charge is 0.498 e. The van der Waals surface area contributed by atoms with Crippen LogP contribution in [0, 0.1) is 12.5 Å². The standard InChI is InChI=1S/C26H31N5O5/c1-17(2)15-31-24-23(25(33)30(5)26(31)34)28-19(11-7-6-10-14-35-18(3)32)21(29-24)16-36-22-13-9-8-12-20(22)27-4/h8-9,12-13,17H,6-7,10-11,14-16H2,1-3,5H3. The van der Waals surface area contributed by atoms with Gasteiger partial charge in [0.1, 0.15) is 18.1 Å². The second kappa shape index (κ2) is 12.1. The average Bonchev–Trinajstić information content (AvgIpc) is 2.86. The van der Waals surface area contributed by atoms with Crippen LogP contribution >= 0.6 is 0 Å². The minimum atomic E-state index is -0.496. The fraction of sp³-hybridized carbons (Fsp3) is 0.462. The number of benzene rings is 1. The number of hydrogen-bond donors (Lipinski definition) is 0. The summed E-state index contributed by atoms with van der Waals surface area (Å²) in [5.74, 6) is 0.260. The lowest BCUT2D eigenvalue weighted by Crippen LogP contribution is -2.40. The summed E-state index contributed by atoms with van der Waals surface area (Å²) in [6, 6.07) is 6.92. The molecule has 0 aliphatic heterocycles. The molecular weight excluding hydrogens is 462 g/mol. The molecule has 36 heavy (non-hydrogen) atoms. The van der Waals surface area contributed by atoms with E-state index < -0.39 is 11.2 Å². The highest BCUT2D eigenvalue weighted by Gasteiger charge is 2.19. The lowest BCUT2D eigenvalue weighted by molar-refractivity contribution is -0.141. The van der Waals surface area contributed by atoms with Gasteiger partial charge in [-0.25, -0.2) is 19.6 Å². The Morgan fingerprint density at radius 1 is 1.11 bits per heavy atom. The molecule has 2 aromatic heterocycles. The number of carbonyl (C=O) groups is 1. The Morgan fingerprint density at radius 3 is 2.56 bits per heavy atom. The van der Waals surface area contributed by atoms with E-state index in [4.69, 9.17) is 21.0 Å². The molecule has 0 amide bonds. The molecule has 0 fully saturated rings. The highest BCUT2D eigenvalue weighted by molar-refractivity contribution is 5.69. The Morgan fingerprint density at radius 2 is 1.86 bits per heavy atom. The van der Waals surface area contributed by atoms with Crippen molar-refractivity contribution in [1.29, 1.82) is 0 Å². The van der Waals surface area contributed by atoms with Crippen LogP contribution in [0.3, 0.4) is 0 Å². The molecule has 190 valence electrons.